The highest BCUT2D eigenvalue weighted by Gasteiger charge is 2.52. The Labute approximate surface area is 102 Å². The number of alkyl halides is 2. The van der Waals surface area contributed by atoms with Crippen molar-refractivity contribution in [2.24, 2.45) is 23.2 Å². The summed E-state index contributed by atoms with van der Waals surface area (Å²) in [5, 5.41) is 0. The summed E-state index contributed by atoms with van der Waals surface area (Å²) >= 11 is 0. The Morgan fingerprint density at radius 2 is 2.12 bits per heavy atom. The molecule has 0 heterocycles. The van der Waals surface area contributed by atoms with Gasteiger partial charge in [-0.3, -0.25) is 4.79 Å². The number of carbonyl (C=O) groups excluding carboxylic acids is 1. The minimum atomic E-state index is -2.22. The van der Waals surface area contributed by atoms with Gasteiger partial charge in [0.15, 0.2) is 0 Å². The van der Waals surface area contributed by atoms with Crippen molar-refractivity contribution in [1.29, 1.82) is 0 Å². The maximum atomic E-state index is 12.5. The first-order valence-electron chi connectivity index (χ1n) is 6.76. The second-order valence-corrected chi connectivity index (χ2v) is 6.17. The maximum absolute atomic E-state index is 12.5. The summed E-state index contributed by atoms with van der Waals surface area (Å²) in [7, 11) is 0. The Morgan fingerprint density at radius 3 is 2.76 bits per heavy atom. The third-order valence-corrected chi connectivity index (χ3v) is 5.17. The molecule has 0 aromatic carbocycles. The van der Waals surface area contributed by atoms with Crippen LogP contribution in [0.5, 0.6) is 0 Å². The van der Waals surface area contributed by atoms with Crippen molar-refractivity contribution in [2.75, 3.05) is 0 Å². The first kappa shape index (κ1) is 13.0. The molecule has 0 bridgehead atoms. The standard InChI is InChI=1S/C14H22F2O/c1-9(8-13(15)16)10-5-6-11-12(17)4-3-7-14(10,11)2/h9-11,13H,3-8H2,1-2H3/t9-,10-,11+,14-/m1/s1. The highest BCUT2D eigenvalue weighted by molar-refractivity contribution is 5.83. The smallest absolute Gasteiger partial charge is 0.238 e. The van der Waals surface area contributed by atoms with Gasteiger partial charge in [-0.1, -0.05) is 13.8 Å². The summed E-state index contributed by atoms with van der Waals surface area (Å²) in [4.78, 5) is 11.9. The first-order chi connectivity index (χ1) is 7.95. The molecule has 0 aliphatic heterocycles. The number of Topliss-reactive ketones (excluding diaryl/α,β-unsaturated/α-hetero) is 1. The minimum Gasteiger partial charge on any atom is -0.299 e. The zero-order valence-electron chi connectivity index (χ0n) is 10.7. The van der Waals surface area contributed by atoms with E-state index < -0.39 is 6.43 Å². The second kappa shape index (κ2) is 4.66. The van der Waals surface area contributed by atoms with Crippen molar-refractivity contribution < 1.29 is 13.6 Å². The molecule has 0 amide bonds. The number of carbonyl (C=O) groups is 1. The van der Waals surface area contributed by atoms with Gasteiger partial charge in [-0.15, -0.1) is 0 Å². The van der Waals surface area contributed by atoms with E-state index in [4.69, 9.17) is 0 Å². The van der Waals surface area contributed by atoms with Gasteiger partial charge < -0.3 is 0 Å². The van der Waals surface area contributed by atoms with Gasteiger partial charge in [0.25, 0.3) is 0 Å². The van der Waals surface area contributed by atoms with Crippen LogP contribution in [0, 0.1) is 23.2 Å². The number of hydrogen-bond acceptors (Lipinski definition) is 1. The summed E-state index contributed by atoms with van der Waals surface area (Å²) in [5.74, 6) is 0.883. The summed E-state index contributed by atoms with van der Waals surface area (Å²) < 4.78 is 25.0. The lowest BCUT2D eigenvalue weighted by atomic mass is 9.62. The molecule has 0 aromatic rings. The van der Waals surface area contributed by atoms with E-state index in [0.717, 1.165) is 25.7 Å². The topological polar surface area (TPSA) is 17.1 Å². The fourth-order valence-corrected chi connectivity index (χ4v) is 4.35. The minimum absolute atomic E-state index is 0.00361. The summed E-state index contributed by atoms with van der Waals surface area (Å²) in [6.45, 7) is 4.10. The second-order valence-electron chi connectivity index (χ2n) is 6.17. The van der Waals surface area contributed by atoms with E-state index >= 15 is 0 Å². The molecule has 0 spiro atoms. The van der Waals surface area contributed by atoms with Gasteiger partial charge >= 0.3 is 0 Å². The third-order valence-electron chi connectivity index (χ3n) is 5.17. The lowest BCUT2D eigenvalue weighted by molar-refractivity contribution is -0.130. The number of hydrogen-bond donors (Lipinski definition) is 0. The predicted molar refractivity (Wildman–Crippen MR) is 63.0 cm³/mol. The highest BCUT2D eigenvalue weighted by atomic mass is 19.3. The Kier molecular flexibility index (Phi) is 3.55. The molecule has 0 aromatic heterocycles. The summed E-state index contributed by atoms with van der Waals surface area (Å²) in [5.41, 5.74) is 0.00361. The van der Waals surface area contributed by atoms with Crippen molar-refractivity contribution >= 4 is 5.78 Å². The van der Waals surface area contributed by atoms with Crippen LogP contribution in [0.2, 0.25) is 0 Å². The van der Waals surface area contributed by atoms with E-state index in [1.165, 1.54) is 0 Å². The SMILES string of the molecule is C[C@H](CC(F)F)[C@H]1CC[C@H]2C(=O)CCC[C@]12C. The quantitative estimate of drug-likeness (QED) is 0.731. The number of ketones is 1. The van der Waals surface area contributed by atoms with Crippen LogP contribution >= 0.6 is 0 Å². The normalized spacial score (nSPS) is 39.5. The Morgan fingerprint density at radius 1 is 1.41 bits per heavy atom. The van der Waals surface area contributed by atoms with Gasteiger partial charge in [0.1, 0.15) is 5.78 Å². The Hall–Kier alpha value is -0.470. The molecular formula is C14H22F2O. The van der Waals surface area contributed by atoms with Crippen LogP contribution in [0.4, 0.5) is 8.78 Å². The van der Waals surface area contributed by atoms with E-state index in [1.807, 2.05) is 6.92 Å². The van der Waals surface area contributed by atoms with Crippen molar-refractivity contribution in [3.8, 4) is 0 Å². The van der Waals surface area contributed by atoms with Crippen LogP contribution in [-0.4, -0.2) is 12.2 Å². The molecule has 2 aliphatic carbocycles. The molecule has 2 aliphatic rings. The number of fused-ring (bicyclic) bond motifs is 1. The zero-order chi connectivity index (χ0) is 12.6. The fourth-order valence-electron chi connectivity index (χ4n) is 4.35. The molecule has 0 radical (unpaired) electrons. The molecule has 2 fully saturated rings. The van der Waals surface area contributed by atoms with Crippen LogP contribution in [0.3, 0.4) is 0 Å². The van der Waals surface area contributed by atoms with Crippen LogP contribution in [0.15, 0.2) is 0 Å². The summed E-state index contributed by atoms with van der Waals surface area (Å²) in [6.07, 6.45) is 2.35. The molecule has 3 heteroatoms. The molecule has 4 atom stereocenters. The fraction of sp³-hybridized carbons (Fsp3) is 0.929. The van der Waals surface area contributed by atoms with E-state index in [2.05, 4.69) is 6.92 Å². The zero-order valence-corrected chi connectivity index (χ0v) is 10.7. The van der Waals surface area contributed by atoms with Crippen molar-refractivity contribution in [2.45, 2.75) is 58.8 Å². The third kappa shape index (κ3) is 2.25. The largest absolute Gasteiger partial charge is 0.299 e. The number of rotatable bonds is 3. The molecule has 2 saturated carbocycles. The van der Waals surface area contributed by atoms with E-state index in [0.29, 0.717) is 18.1 Å². The van der Waals surface area contributed by atoms with Crippen LogP contribution in [0.1, 0.15) is 52.4 Å². The molecule has 1 nitrogen and oxygen atoms in total. The predicted octanol–water partition coefficient (Wildman–Crippen LogP) is 4.06. The highest BCUT2D eigenvalue weighted by Crippen LogP contribution is 2.57. The van der Waals surface area contributed by atoms with Gasteiger partial charge in [-0.05, 0) is 42.9 Å². The van der Waals surface area contributed by atoms with Crippen molar-refractivity contribution in [3.05, 3.63) is 0 Å². The van der Waals surface area contributed by atoms with Crippen LogP contribution in [-0.2, 0) is 4.79 Å². The molecule has 2 rings (SSSR count). The van der Waals surface area contributed by atoms with Crippen molar-refractivity contribution in [1.82, 2.24) is 0 Å². The van der Waals surface area contributed by atoms with E-state index in [9.17, 15) is 13.6 Å². The van der Waals surface area contributed by atoms with Crippen LogP contribution in [0.25, 0.3) is 0 Å². The molecule has 0 unspecified atom stereocenters. The Bertz CT molecular complexity index is 303. The van der Waals surface area contributed by atoms with Gasteiger partial charge in [0.2, 0.25) is 6.43 Å². The average Bonchev–Trinajstić information content (AvgIpc) is 2.55. The van der Waals surface area contributed by atoms with E-state index in [-0.39, 0.29) is 23.7 Å². The van der Waals surface area contributed by atoms with Crippen molar-refractivity contribution in [3.63, 3.8) is 0 Å². The molecule has 17 heavy (non-hydrogen) atoms. The lowest BCUT2D eigenvalue weighted by Crippen LogP contribution is -2.39. The average molecular weight is 244 g/mol. The van der Waals surface area contributed by atoms with Gasteiger partial charge in [0.05, 0.1) is 0 Å². The molecule has 98 valence electrons. The first-order valence-corrected chi connectivity index (χ1v) is 6.76. The van der Waals surface area contributed by atoms with E-state index in [1.54, 1.807) is 0 Å². The van der Waals surface area contributed by atoms with Gasteiger partial charge in [0, 0.05) is 18.8 Å². The molecule has 0 N–H and O–H groups in total. The maximum Gasteiger partial charge on any atom is 0.238 e. The lowest BCUT2D eigenvalue weighted by Gasteiger charge is -2.42. The van der Waals surface area contributed by atoms with Crippen LogP contribution < -0.4 is 0 Å². The summed E-state index contributed by atoms with van der Waals surface area (Å²) in [6, 6.07) is 0. The Balaban J connectivity index is 2.12. The van der Waals surface area contributed by atoms with Gasteiger partial charge in [-0.25, -0.2) is 8.78 Å². The monoisotopic (exact) mass is 244 g/mol. The number of halogens is 2. The molecular weight excluding hydrogens is 222 g/mol. The van der Waals surface area contributed by atoms with Gasteiger partial charge in [-0.2, -0.15) is 0 Å². The molecule has 0 saturated heterocycles.